The standard InChI is InChI=1S/C14H19NO3/c1-5-15(10(2)3)14(17)18-13(16)12-8-6-7-11(4)9-12/h6-10H,5H2,1-4H3. The van der Waals surface area contributed by atoms with Crippen molar-refractivity contribution in [1.29, 1.82) is 0 Å². The largest absolute Gasteiger partial charge is 0.417 e. The zero-order valence-electron chi connectivity index (χ0n) is 11.3. The summed E-state index contributed by atoms with van der Waals surface area (Å²) in [5, 5.41) is 0. The van der Waals surface area contributed by atoms with E-state index in [2.05, 4.69) is 0 Å². The Labute approximate surface area is 108 Å². The van der Waals surface area contributed by atoms with Crippen molar-refractivity contribution < 1.29 is 14.3 Å². The van der Waals surface area contributed by atoms with Crippen molar-refractivity contribution >= 4 is 12.1 Å². The first-order valence-electron chi connectivity index (χ1n) is 6.05. The molecule has 0 aliphatic carbocycles. The molecule has 0 radical (unpaired) electrons. The van der Waals surface area contributed by atoms with Crippen molar-refractivity contribution in [2.24, 2.45) is 0 Å². The lowest BCUT2D eigenvalue weighted by atomic mass is 10.1. The lowest BCUT2D eigenvalue weighted by molar-refractivity contribution is 0.0523. The van der Waals surface area contributed by atoms with Gasteiger partial charge in [-0.15, -0.1) is 0 Å². The molecule has 0 saturated heterocycles. The summed E-state index contributed by atoms with van der Waals surface area (Å²) < 4.78 is 4.85. The van der Waals surface area contributed by atoms with Crippen molar-refractivity contribution in [1.82, 2.24) is 4.90 Å². The normalized spacial score (nSPS) is 10.3. The average Bonchev–Trinajstić information content (AvgIpc) is 2.29. The summed E-state index contributed by atoms with van der Waals surface area (Å²) >= 11 is 0. The van der Waals surface area contributed by atoms with Gasteiger partial charge in [-0.25, -0.2) is 9.59 Å². The molecule has 1 amide bonds. The number of esters is 1. The number of carbonyl (C=O) groups is 2. The maximum Gasteiger partial charge on any atom is 0.417 e. The molecule has 0 N–H and O–H groups in total. The van der Waals surface area contributed by atoms with Gasteiger partial charge in [0.1, 0.15) is 0 Å². The maximum absolute atomic E-state index is 11.8. The van der Waals surface area contributed by atoms with Gasteiger partial charge in [-0.2, -0.15) is 0 Å². The van der Waals surface area contributed by atoms with Crippen LogP contribution in [0.5, 0.6) is 0 Å². The third-order valence-electron chi connectivity index (χ3n) is 2.63. The Hall–Kier alpha value is -1.84. The molecule has 0 aromatic heterocycles. The van der Waals surface area contributed by atoms with Gasteiger partial charge in [0.2, 0.25) is 0 Å². The maximum atomic E-state index is 11.8. The van der Waals surface area contributed by atoms with Gasteiger partial charge in [0.15, 0.2) is 0 Å². The molecule has 18 heavy (non-hydrogen) atoms. The summed E-state index contributed by atoms with van der Waals surface area (Å²) in [6.45, 7) is 7.99. The fourth-order valence-electron chi connectivity index (χ4n) is 1.67. The van der Waals surface area contributed by atoms with Gasteiger partial charge >= 0.3 is 12.1 Å². The number of nitrogens with zero attached hydrogens (tertiary/aromatic N) is 1. The van der Waals surface area contributed by atoms with Gasteiger partial charge in [0.25, 0.3) is 0 Å². The number of ether oxygens (including phenoxy) is 1. The Morgan fingerprint density at radius 1 is 1.33 bits per heavy atom. The van der Waals surface area contributed by atoms with E-state index in [4.69, 9.17) is 4.74 Å². The molecule has 0 unspecified atom stereocenters. The number of carbonyl (C=O) groups excluding carboxylic acids is 2. The zero-order chi connectivity index (χ0) is 13.7. The predicted molar refractivity (Wildman–Crippen MR) is 69.5 cm³/mol. The van der Waals surface area contributed by atoms with Crippen LogP contribution in [0.2, 0.25) is 0 Å². The molecule has 0 aliphatic heterocycles. The summed E-state index contributed by atoms with van der Waals surface area (Å²) in [7, 11) is 0. The SMILES string of the molecule is CCN(C(=O)OC(=O)c1cccc(C)c1)C(C)C. The van der Waals surface area contributed by atoms with Crippen LogP contribution in [0.1, 0.15) is 36.7 Å². The fraction of sp³-hybridized carbons (Fsp3) is 0.429. The Bertz CT molecular complexity index is 440. The third kappa shape index (κ3) is 3.58. The number of hydrogen-bond donors (Lipinski definition) is 0. The number of benzene rings is 1. The zero-order valence-corrected chi connectivity index (χ0v) is 11.3. The van der Waals surface area contributed by atoms with Gasteiger partial charge in [0.05, 0.1) is 5.56 Å². The van der Waals surface area contributed by atoms with Crippen LogP contribution in [0.15, 0.2) is 24.3 Å². The van der Waals surface area contributed by atoms with Gasteiger partial charge in [-0.3, -0.25) is 0 Å². The van der Waals surface area contributed by atoms with Crippen LogP contribution in [-0.2, 0) is 4.74 Å². The highest BCUT2D eigenvalue weighted by Gasteiger charge is 2.20. The highest BCUT2D eigenvalue weighted by Crippen LogP contribution is 2.08. The van der Waals surface area contributed by atoms with E-state index in [0.29, 0.717) is 12.1 Å². The fourth-order valence-corrected chi connectivity index (χ4v) is 1.67. The molecule has 0 heterocycles. The molecular formula is C14H19NO3. The van der Waals surface area contributed by atoms with Crippen LogP contribution in [0.3, 0.4) is 0 Å². The van der Waals surface area contributed by atoms with Gasteiger partial charge < -0.3 is 9.64 Å². The minimum Gasteiger partial charge on any atom is -0.372 e. The molecule has 0 aliphatic rings. The van der Waals surface area contributed by atoms with E-state index in [-0.39, 0.29) is 6.04 Å². The smallest absolute Gasteiger partial charge is 0.372 e. The van der Waals surface area contributed by atoms with Crippen LogP contribution in [0.25, 0.3) is 0 Å². The Morgan fingerprint density at radius 2 is 2.00 bits per heavy atom. The van der Waals surface area contributed by atoms with Crippen molar-refractivity contribution in [2.45, 2.75) is 33.7 Å². The molecule has 0 spiro atoms. The van der Waals surface area contributed by atoms with E-state index in [1.165, 1.54) is 4.90 Å². The first-order chi connectivity index (χ1) is 8.45. The number of rotatable bonds is 3. The highest BCUT2D eigenvalue weighted by molar-refractivity contribution is 5.96. The van der Waals surface area contributed by atoms with E-state index in [9.17, 15) is 9.59 Å². The molecule has 1 rings (SSSR count). The van der Waals surface area contributed by atoms with Crippen LogP contribution in [0, 0.1) is 6.92 Å². The third-order valence-corrected chi connectivity index (χ3v) is 2.63. The molecule has 0 fully saturated rings. The molecule has 1 aromatic carbocycles. The van der Waals surface area contributed by atoms with Crippen LogP contribution < -0.4 is 0 Å². The minimum absolute atomic E-state index is 0.00723. The van der Waals surface area contributed by atoms with Gasteiger partial charge in [0, 0.05) is 12.6 Å². The topological polar surface area (TPSA) is 46.6 Å². The summed E-state index contributed by atoms with van der Waals surface area (Å²) in [6, 6.07) is 6.98. The van der Waals surface area contributed by atoms with E-state index in [0.717, 1.165) is 5.56 Å². The second-order valence-corrected chi connectivity index (χ2v) is 4.40. The van der Waals surface area contributed by atoms with E-state index < -0.39 is 12.1 Å². The first kappa shape index (κ1) is 14.2. The van der Waals surface area contributed by atoms with Crippen molar-refractivity contribution in [2.75, 3.05) is 6.54 Å². The van der Waals surface area contributed by atoms with Gasteiger partial charge in [-0.05, 0) is 39.8 Å². The van der Waals surface area contributed by atoms with E-state index in [1.807, 2.05) is 33.8 Å². The summed E-state index contributed by atoms with van der Waals surface area (Å²) in [5.41, 5.74) is 1.34. The van der Waals surface area contributed by atoms with Gasteiger partial charge in [-0.1, -0.05) is 17.7 Å². The van der Waals surface area contributed by atoms with Crippen molar-refractivity contribution in [3.63, 3.8) is 0 Å². The summed E-state index contributed by atoms with van der Waals surface area (Å²) in [4.78, 5) is 25.0. The number of amides is 1. The number of aryl methyl sites for hydroxylation is 1. The molecule has 1 aromatic rings. The number of hydrogen-bond acceptors (Lipinski definition) is 3. The monoisotopic (exact) mass is 249 g/mol. The molecule has 4 heteroatoms. The molecule has 0 atom stereocenters. The molecule has 0 saturated carbocycles. The van der Waals surface area contributed by atoms with Crippen LogP contribution in [-0.4, -0.2) is 29.5 Å². The lowest BCUT2D eigenvalue weighted by Crippen LogP contribution is -2.38. The highest BCUT2D eigenvalue weighted by atomic mass is 16.6. The van der Waals surface area contributed by atoms with Crippen LogP contribution in [0.4, 0.5) is 4.79 Å². The summed E-state index contributed by atoms with van der Waals surface area (Å²) in [6.07, 6.45) is -0.598. The molecule has 98 valence electrons. The Morgan fingerprint density at radius 3 is 2.50 bits per heavy atom. The van der Waals surface area contributed by atoms with E-state index in [1.54, 1.807) is 18.2 Å². The molecular weight excluding hydrogens is 230 g/mol. The second kappa shape index (κ2) is 6.19. The van der Waals surface area contributed by atoms with Crippen molar-refractivity contribution in [3.8, 4) is 0 Å². The predicted octanol–water partition coefficient (Wildman–Crippen LogP) is 3.00. The average molecular weight is 249 g/mol. The minimum atomic E-state index is -0.609. The Balaban J connectivity index is 2.73. The second-order valence-electron chi connectivity index (χ2n) is 4.40. The molecule has 4 nitrogen and oxygen atoms in total. The van der Waals surface area contributed by atoms with E-state index >= 15 is 0 Å². The van der Waals surface area contributed by atoms with Crippen molar-refractivity contribution in [3.05, 3.63) is 35.4 Å². The molecule has 0 bridgehead atoms. The lowest BCUT2D eigenvalue weighted by Gasteiger charge is -2.23. The van der Waals surface area contributed by atoms with Crippen LogP contribution >= 0.6 is 0 Å². The quantitative estimate of drug-likeness (QED) is 0.611. The Kier molecular flexibility index (Phi) is 4.89. The first-order valence-corrected chi connectivity index (χ1v) is 6.05. The summed E-state index contributed by atoms with van der Waals surface area (Å²) in [5.74, 6) is -0.609.